The van der Waals surface area contributed by atoms with E-state index in [-0.39, 0.29) is 29.7 Å². The van der Waals surface area contributed by atoms with Gasteiger partial charge in [0.15, 0.2) is 0 Å². The molecule has 0 amide bonds. The summed E-state index contributed by atoms with van der Waals surface area (Å²) in [4.78, 5) is 4.98. The third-order valence-electron chi connectivity index (χ3n) is 16.5. The predicted molar refractivity (Wildman–Crippen MR) is 351 cm³/mol. The fourth-order valence-corrected chi connectivity index (χ4v) is 13.7. The Labute approximate surface area is 515 Å². The number of rotatable bonds is 10. The molecule has 0 aliphatic carbocycles. The standard InChI is InChI=1S/C79H53N5O.Pt/c1-53-45-77(80-51-70(53)58-31-15-6-16-32-58)84-72-39-20-17-33-66(72)68-43-41-62(49-75(68)84)85-63-42-44-73-76(50-63)82-52-81(78-64(56-27-11-4-12-28-56)35-21-36-65(78)57-29-13-5-14-30-57)74-40-22-37-69(79(74)82)67-34-18-19-38-71(67)83(73)61-47-59(54-23-7-2-8-24-54)46-60(48-61)55-25-9-3-10-26-55;/h2-51H,1H3;/i6D,15D,16D,31D,32D;. The van der Waals surface area contributed by atoms with Gasteiger partial charge in [-0.3, -0.25) is 0 Å². The molecule has 0 radical (unpaired) electrons. The van der Waals surface area contributed by atoms with Crippen molar-refractivity contribution in [1.82, 2.24) is 23.1 Å². The van der Waals surface area contributed by atoms with Crippen LogP contribution in [-0.4, -0.2) is 23.1 Å². The van der Waals surface area contributed by atoms with E-state index in [9.17, 15) is 0 Å². The van der Waals surface area contributed by atoms with Gasteiger partial charge in [-0.1, -0.05) is 42.3 Å². The van der Waals surface area contributed by atoms with Crippen LogP contribution >= 0.6 is 0 Å². The van der Waals surface area contributed by atoms with Gasteiger partial charge in [0, 0.05) is 11.8 Å². The van der Waals surface area contributed by atoms with Gasteiger partial charge >= 0.3 is 439 Å². The number of imidazole rings is 1. The average Bonchev–Trinajstić information content (AvgIpc) is 1.73. The smallest absolute Gasteiger partial charge is 0.0616 e. The molecule has 0 aliphatic heterocycles. The number of pyridine rings is 1. The van der Waals surface area contributed by atoms with Gasteiger partial charge in [0.1, 0.15) is 0 Å². The minimum Gasteiger partial charge on any atom is -0.0616 e. The third kappa shape index (κ3) is 8.68. The minimum absolute atomic E-state index is 0.115. The summed E-state index contributed by atoms with van der Waals surface area (Å²) in [5, 5.41) is 4.16. The number of ether oxygens (including phenoxy) is 1. The monoisotopic (exact) mass is 1290 g/mol. The molecular formula is C79H53N5OPt. The summed E-state index contributed by atoms with van der Waals surface area (Å²) in [6.45, 7) is 1.88. The van der Waals surface area contributed by atoms with Crippen LogP contribution in [0.5, 0.6) is 11.5 Å². The summed E-state index contributed by atoms with van der Waals surface area (Å²) in [7, 11) is 0. The van der Waals surface area contributed by atoms with Crippen molar-refractivity contribution >= 4 is 60.2 Å². The quantitative estimate of drug-likeness (QED) is 0.137. The van der Waals surface area contributed by atoms with Crippen LogP contribution in [0.4, 0.5) is 0 Å². The van der Waals surface area contributed by atoms with Gasteiger partial charge in [-0.15, -0.1) is 0 Å². The molecule has 410 valence electrons. The Hall–Kier alpha value is -10.7. The Morgan fingerprint density at radius 2 is 0.884 bits per heavy atom. The van der Waals surface area contributed by atoms with E-state index in [0.717, 1.165) is 120 Å². The van der Waals surface area contributed by atoms with Crippen LogP contribution in [0.1, 0.15) is 12.4 Å². The number of para-hydroxylation sites is 4. The zero-order valence-corrected chi connectivity index (χ0v) is 48.7. The molecule has 0 aliphatic rings. The molecule has 86 heavy (non-hydrogen) atoms. The molecule has 7 heteroatoms. The summed E-state index contributed by atoms with van der Waals surface area (Å²) in [5.74, 6) is 1.83. The van der Waals surface area contributed by atoms with E-state index >= 15 is 0 Å². The zero-order valence-electron chi connectivity index (χ0n) is 51.4. The van der Waals surface area contributed by atoms with Crippen molar-refractivity contribution in [2.45, 2.75) is 6.92 Å². The van der Waals surface area contributed by atoms with Crippen molar-refractivity contribution in [3.63, 3.8) is 0 Å². The Kier molecular flexibility index (Phi) is 11.3. The molecule has 16 rings (SSSR count). The van der Waals surface area contributed by atoms with Gasteiger partial charge in [0.2, 0.25) is 0 Å². The molecule has 6 nitrogen and oxygen atoms in total. The first kappa shape index (κ1) is 45.8. The second kappa shape index (κ2) is 21.2. The van der Waals surface area contributed by atoms with E-state index in [2.05, 4.69) is 280 Å². The Morgan fingerprint density at radius 3 is 1.51 bits per heavy atom. The number of benzene rings is 12. The zero-order chi connectivity index (χ0) is 61.6. The van der Waals surface area contributed by atoms with Crippen molar-refractivity contribution in [2.75, 3.05) is 0 Å². The van der Waals surface area contributed by atoms with Crippen molar-refractivity contribution in [3.8, 4) is 84.3 Å². The van der Waals surface area contributed by atoms with E-state index in [1.165, 1.54) is 0 Å². The van der Waals surface area contributed by atoms with Gasteiger partial charge in [0.05, 0.1) is 6.85 Å². The average molecular weight is 1290 g/mol. The Bertz CT molecular complexity index is 5580. The van der Waals surface area contributed by atoms with E-state index < -0.39 is 6.04 Å². The molecule has 0 saturated carbocycles. The second-order valence-corrected chi connectivity index (χ2v) is 22.5. The second-order valence-electron chi connectivity index (χ2n) is 21.5. The van der Waals surface area contributed by atoms with E-state index in [0.29, 0.717) is 28.4 Å². The van der Waals surface area contributed by atoms with Crippen LogP contribution in [0.15, 0.2) is 303 Å². The molecule has 0 atom stereocenters. The third-order valence-corrected chi connectivity index (χ3v) is 17.5. The van der Waals surface area contributed by atoms with Gasteiger partial charge in [-0.05, 0) is 18.1 Å². The molecule has 4 heterocycles. The van der Waals surface area contributed by atoms with Gasteiger partial charge < -0.3 is 0 Å². The predicted octanol–water partition coefficient (Wildman–Crippen LogP) is 20.5. The van der Waals surface area contributed by atoms with Crippen LogP contribution in [0, 0.1) is 10.7 Å². The maximum atomic E-state index is 8.78. The molecule has 0 fully saturated rings. The summed E-state index contributed by atoms with van der Waals surface area (Å²) < 4.78 is 60.2. The maximum absolute atomic E-state index is 8.78. The molecule has 0 N–H and O–H groups in total. The number of hydrogen-bond acceptors (Lipinski definition) is 2. The molecule has 0 unspecified atom stereocenters. The normalized spacial score (nSPS) is 12.4. The van der Waals surface area contributed by atoms with E-state index in [1.54, 1.807) is 6.20 Å². The molecule has 0 spiro atoms. The van der Waals surface area contributed by atoms with Crippen LogP contribution < -0.4 is 4.74 Å². The van der Waals surface area contributed by atoms with Crippen LogP contribution in [0.2, 0.25) is 0 Å². The SMILES string of the molecule is [2H]c1c([2H])c([2H])c(-c2cnc(-n3c4ccccc4c4ccc(Oc5ccc6c(c5)n5[c](=[Pt])n(-c7c(-c8ccccc8)cccc7-c7ccccc7)c7cccc(c8ccccc8n6-c6cc(-c8ccccc8)cc(-c8ccccc8)c6)c75)cc43)cc2C)c([2H])c1[2H]. The molecule has 12 aromatic carbocycles. The number of fused-ring (bicyclic) bond motifs is 7. The van der Waals surface area contributed by atoms with E-state index in [1.807, 2.05) is 31.2 Å². The molecular weight excluding hydrogens is 1230 g/mol. The van der Waals surface area contributed by atoms with Gasteiger partial charge in [-0.2, -0.15) is 0 Å². The topological polar surface area (TPSA) is 41.3 Å². The Balaban J connectivity index is 0.974. The van der Waals surface area contributed by atoms with Crippen molar-refractivity contribution in [1.29, 1.82) is 0 Å². The number of hydrogen-bond donors (Lipinski definition) is 0. The first-order valence-electron chi connectivity index (χ1n) is 31.1. The number of aromatic nitrogens is 5. The Morgan fingerprint density at radius 1 is 0.372 bits per heavy atom. The number of nitrogens with zero attached hydrogens (tertiary/aromatic N) is 5. The fourth-order valence-electron chi connectivity index (χ4n) is 12.6. The fraction of sp³-hybridized carbons (Fsp3) is 0.0127. The van der Waals surface area contributed by atoms with Gasteiger partial charge in [-0.25, -0.2) is 0 Å². The van der Waals surface area contributed by atoms with Gasteiger partial charge in [0.25, 0.3) is 0 Å². The summed E-state index contributed by atoms with van der Waals surface area (Å²) in [5.41, 5.74) is 18.8. The van der Waals surface area contributed by atoms with Crippen LogP contribution in [-0.2, 0) is 19.4 Å². The van der Waals surface area contributed by atoms with Crippen LogP contribution in [0.3, 0.4) is 0 Å². The summed E-state index contributed by atoms with van der Waals surface area (Å²) in [6, 6.07) is 92.6. The molecule has 0 saturated heterocycles. The first-order valence-corrected chi connectivity index (χ1v) is 29.7. The first-order chi connectivity index (χ1) is 44.6. The number of aryl methyl sites for hydroxylation is 1. The van der Waals surface area contributed by atoms with Crippen molar-refractivity contribution in [2.24, 2.45) is 0 Å². The molecule has 4 aromatic heterocycles. The summed E-state index contributed by atoms with van der Waals surface area (Å²) in [6.07, 6.45) is 1.61. The van der Waals surface area contributed by atoms with Crippen molar-refractivity contribution in [3.05, 3.63) is 313 Å². The molecule has 0 bridgehead atoms. The minimum atomic E-state index is -0.436. The van der Waals surface area contributed by atoms with Crippen molar-refractivity contribution < 1.29 is 30.9 Å². The van der Waals surface area contributed by atoms with E-state index in [4.69, 9.17) is 16.6 Å². The summed E-state index contributed by atoms with van der Waals surface area (Å²) >= 11 is 2.56. The van der Waals surface area contributed by atoms with Crippen LogP contribution in [0.25, 0.3) is 133 Å². The molecule has 16 aromatic rings.